The number of piperidine rings is 1. The van der Waals surface area contributed by atoms with Gasteiger partial charge in [0.05, 0.1) is 23.7 Å². The highest BCUT2D eigenvalue weighted by atomic mass is 16.5. The molecule has 0 aliphatic carbocycles. The van der Waals surface area contributed by atoms with Crippen molar-refractivity contribution < 1.29 is 9.53 Å². The summed E-state index contributed by atoms with van der Waals surface area (Å²) in [7, 11) is 0. The summed E-state index contributed by atoms with van der Waals surface area (Å²) in [4.78, 5) is 26.4. The minimum atomic E-state index is 0.196. The van der Waals surface area contributed by atoms with Gasteiger partial charge in [-0.2, -0.15) is 0 Å². The molecule has 3 aromatic rings. The SMILES string of the molecule is O=C(CCc1nc2ccccc2[nH]1)N1CCC(OCc2cccnc2)CC1. The number of para-hydroxylation sites is 2. The van der Waals surface area contributed by atoms with Gasteiger partial charge in [0, 0.05) is 38.3 Å². The molecular formula is C21H24N4O2. The van der Waals surface area contributed by atoms with Gasteiger partial charge in [-0.25, -0.2) is 4.98 Å². The van der Waals surface area contributed by atoms with Crippen LogP contribution in [0.15, 0.2) is 48.8 Å². The molecule has 0 saturated carbocycles. The van der Waals surface area contributed by atoms with E-state index in [4.69, 9.17) is 4.74 Å². The highest BCUT2D eigenvalue weighted by Crippen LogP contribution is 2.17. The van der Waals surface area contributed by atoms with Crippen LogP contribution in [0.4, 0.5) is 0 Å². The topological polar surface area (TPSA) is 71.1 Å². The van der Waals surface area contributed by atoms with Gasteiger partial charge in [0.15, 0.2) is 0 Å². The number of hydrogen-bond acceptors (Lipinski definition) is 4. The van der Waals surface area contributed by atoms with E-state index < -0.39 is 0 Å². The number of likely N-dealkylation sites (tertiary alicyclic amines) is 1. The van der Waals surface area contributed by atoms with E-state index >= 15 is 0 Å². The average Bonchev–Trinajstić information content (AvgIpc) is 3.15. The van der Waals surface area contributed by atoms with Crippen LogP contribution >= 0.6 is 0 Å². The summed E-state index contributed by atoms with van der Waals surface area (Å²) in [6, 6.07) is 11.9. The Kier molecular flexibility index (Phi) is 5.44. The molecule has 4 rings (SSSR count). The maximum absolute atomic E-state index is 12.5. The van der Waals surface area contributed by atoms with Gasteiger partial charge in [0.2, 0.25) is 5.91 Å². The summed E-state index contributed by atoms with van der Waals surface area (Å²) in [5.41, 5.74) is 3.06. The van der Waals surface area contributed by atoms with Crippen LogP contribution in [-0.4, -0.2) is 45.0 Å². The second-order valence-corrected chi connectivity index (χ2v) is 6.95. The fourth-order valence-corrected chi connectivity index (χ4v) is 3.48. The number of benzene rings is 1. The summed E-state index contributed by atoms with van der Waals surface area (Å²) in [5.74, 6) is 1.07. The van der Waals surface area contributed by atoms with E-state index in [9.17, 15) is 4.79 Å². The first-order chi connectivity index (χ1) is 13.3. The van der Waals surface area contributed by atoms with Crippen LogP contribution < -0.4 is 0 Å². The van der Waals surface area contributed by atoms with Crippen LogP contribution in [0.3, 0.4) is 0 Å². The lowest BCUT2D eigenvalue weighted by Crippen LogP contribution is -2.41. The van der Waals surface area contributed by atoms with Crippen molar-refractivity contribution in [1.29, 1.82) is 0 Å². The van der Waals surface area contributed by atoms with Crippen LogP contribution in [0.1, 0.15) is 30.7 Å². The molecule has 1 aliphatic heterocycles. The number of hydrogen-bond donors (Lipinski definition) is 1. The first kappa shape index (κ1) is 17.7. The van der Waals surface area contributed by atoms with Crippen molar-refractivity contribution in [2.75, 3.05) is 13.1 Å². The maximum atomic E-state index is 12.5. The standard InChI is InChI=1S/C21H24N4O2/c26-21(8-7-20-23-18-5-1-2-6-19(18)24-20)25-12-9-17(10-13-25)27-15-16-4-3-11-22-14-16/h1-6,11,14,17H,7-10,12-13,15H2,(H,23,24). The Hall–Kier alpha value is -2.73. The summed E-state index contributed by atoms with van der Waals surface area (Å²) < 4.78 is 5.97. The molecule has 1 N–H and O–H groups in total. The lowest BCUT2D eigenvalue weighted by molar-refractivity contribution is -0.134. The van der Waals surface area contributed by atoms with Crippen molar-refractivity contribution in [3.05, 3.63) is 60.2 Å². The number of fused-ring (bicyclic) bond motifs is 1. The number of amides is 1. The number of nitrogens with one attached hydrogen (secondary N) is 1. The number of carbonyl (C=O) groups is 1. The lowest BCUT2D eigenvalue weighted by atomic mass is 10.1. The minimum Gasteiger partial charge on any atom is -0.373 e. The van der Waals surface area contributed by atoms with Crippen LogP contribution in [0.2, 0.25) is 0 Å². The van der Waals surface area contributed by atoms with Gasteiger partial charge in [-0.05, 0) is 36.6 Å². The Morgan fingerprint density at radius 3 is 2.81 bits per heavy atom. The van der Waals surface area contributed by atoms with E-state index in [-0.39, 0.29) is 12.0 Å². The quantitative estimate of drug-likeness (QED) is 0.730. The number of imidazole rings is 1. The van der Waals surface area contributed by atoms with E-state index in [1.165, 1.54) is 0 Å². The molecule has 140 valence electrons. The number of rotatable bonds is 6. The Morgan fingerprint density at radius 1 is 1.19 bits per heavy atom. The minimum absolute atomic E-state index is 0.196. The van der Waals surface area contributed by atoms with E-state index in [0.29, 0.717) is 19.4 Å². The highest BCUT2D eigenvalue weighted by molar-refractivity contribution is 5.77. The maximum Gasteiger partial charge on any atom is 0.223 e. The number of H-pyrrole nitrogens is 1. The molecule has 0 unspecified atom stereocenters. The fourth-order valence-electron chi connectivity index (χ4n) is 3.48. The summed E-state index contributed by atoms with van der Waals surface area (Å²) >= 11 is 0. The molecule has 1 fully saturated rings. The second kappa shape index (κ2) is 8.31. The molecule has 6 heteroatoms. The Bertz CT molecular complexity index is 852. The van der Waals surface area contributed by atoms with Crippen LogP contribution in [0.5, 0.6) is 0 Å². The molecule has 1 amide bonds. The van der Waals surface area contributed by atoms with E-state index in [0.717, 1.165) is 48.4 Å². The third-order valence-corrected chi connectivity index (χ3v) is 5.02. The zero-order valence-corrected chi connectivity index (χ0v) is 15.3. The lowest BCUT2D eigenvalue weighted by Gasteiger charge is -2.32. The van der Waals surface area contributed by atoms with Crippen molar-refractivity contribution >= 4 is 16.9 Å². The Labute approximate surface area is 158 Å². The van der Waals surface area contributed by atoms with Gasteiger partial charge in [0.25, 0.3) is 0 Å². The molecule has 2 aromatic heterocycles. The number of nitrogens with zero attached hydrogens (tertiary/aromatic N) is 3. The number of ether oxygens (including phenoxy) is 1. The van der Waals surface area contributed by atoms with Gasteiger partial charge in [0.1, 0.15) is 5.82 Å². The van der Waals surface area contributed by atoms with Crippen molar-refractivity contribution in [2.45, 2.75) is 38.4 Å². The van der Waals surface area contributed by atoms with Gasteiger partial charge in [-0.3, -0.25) is 9.78 Å². The zero-order chi connectivity index (χ0) is 18.5. The van der Waals surface area contributed by atoms with Crippen molar-refractivity contribution in [2.24, 2.45) is 0 Å². The van der Waals surface area contributed by atoms with Crippen LogP contribution in [0.25, 0.3) is 11.0 Å². The molecule has 3 heterocycles. The summed E-state index contributed by atoms with van der Waals surface area (Å²) in [6.07, 6.45) is 6.71. The van der Waals surface area contributed by atoms with Gasteiger partial charge in [-0.1, -0.05) is 18.2 Å². The Morgan fingerprint density at radius 2 is 2.04 bits per heavy atom. The normalized spacial score (nSPS) is 15.3. The third-order valence-electron chi connectivity index (χ3n) is 5.02. The monoisotopic (exact) mass is 364 g/mol. The molecule has 6 nitrogen and oxygen atoms in total. The van der Waals surface area contributed by atoms with Gasteiger partial charge in [-0.15, -0.1) is 0 Å². The number of aryl methyl sites for hydroxylation is 1. The fraction of sp³-hybridized carbons (Fsp3) is 0.381. The first-order valence-electron chi connectivity index (χ1n) is 9.50. The zero-order valence-electron chi connectivity index (χ0n) is 15.3. The molecule has 0 atom stereocenters. The van der Waals surface area contributed by atoms with E-state index in [2.05, 4.69) is 15.0 Å². The predicted molar refractivity (Wildman–Crippen MR) is 103 cm³/mol. The summed E-state index contributed by atoms with van der Waals surface area (Å²) in [6.45, 7) is 2.10. The molecule has 0 spiro atoms. The average molecular weight is 364 g/mol. The molecule has 27 heavy (non-hydrogen) atoms. The Balaban J connectivity index is 1.21. The van der Waals surface area contributed by atoms with Crippen molar-refractivity contribution in [3.63, 3.8) is 0 Å². The largest absolute Gasteiger partial charge is 0.373 e. The van der Waals surface area contributed by atoms with E-state index in [1.54, 1.807) is 6.20 Å². The highest BCUT2D eigenvalue weighted by Gasteiger charge is 2.23. The van der Waals surface area contributed by atoms with Crippen LogP contribution in [0, 0.1) is 0 Å². The second-order valence-electron chi connectivity index (χ2n) is 6.95. The van der Waals surface area contributed by atoms with Gasteiger partial charge >= 0.3 is 0 Å². The number of aromatic nitrogens is 3. The molecule has 1 saturated heterocycles. The van der Waals surface area contributed by atoms with E-state index in [1.807, 2.05) is 47.5 Å². The predicted octanol–water partition coefficient (Wildman–Crippen LogP) is 3.10. The van der Waals surface area contributed by atoms with Gasteiger partial charge < -0.3 is 14.6 Å². The third kappa shape index (κ3) is 4.52. The smallest absolute Gasteiger partial charge is 0.223 e. The molecule has 1 aromatic carbocycles. The van der Waals surface area contributed by atoms with Crippen LogP contribution in [-0.2, 0) is 22.6 Å². The number of pyridine rings is 1. The summed E-state index contributed by atoms with van der Waals surface area (Å²) in [5, 5.41) is 0. The van der Waals surface area contributed by atoms with Crippen molar-refractivity contribution in [3.8, 4) is 0 Å². The molecule has 0 radical (unpaired) electrons. The molecule has 1 aliphatic rings. The number of aromatic amines is 1. The van der Waals surface area contributed by atoms with Crippen molar-refractivity contribution in [1.82, 2.24) is 19.9 Å². The number of carbonyl (C=O) groups excluding carboxylic acids is 1. The molecule has 0 bridgehead atoms. The molecular weight excluding hydrogens is 340 g/mol. The first-order valence-corrected chi connectivity index (χ1v) is 9.50.